The van der Waals surface area contributed by atoms with Crippen LogP contribution in [0.4, 0.5) is 0 Å². The van der Waals surface area contributed by atoms with Gasteiger partial charge < -0.3 is 18.9 Å². The number of hydrogen-bond donors (Lipinski definition) is 0. The summed E-state index contributed by atoms with van der Waals surface area (Å²) in [6.45, 7) is 6.02. The van der Waals surface area contributed by atoms with Gasteiger partial charge in [0.15, 0.2) is 6.29 Å². The standard InChI is InChI=1S/C10H18O4/c1-2-8(4-13-10-7-14-10)3-11-5-9-6-12-9/h8-10H,2-7H2,1H3. The summed E-state index contributed by atoms with van der Waals surface area (Å²) in [4.78, 5) is 0. The highest BCUT2D eigenvalue weighted by molar-refractivity contribution is 4.68. The summed E-state index contributed by atoms with van der Waals surface area (Å²) in [5.74, 6) is 0.484. The maximum absolute atomic E-state index is 5.52. The second kappa shape index (κ2) is 5.07. The summed E-state index contributed by atoms with van der Waals surface area (Å²) in [7, 11) is 0. The van der Waals surface area contributed by atoms with Gasteiger partial charge in [0.25, 0.3) is 0 Å². The van der Waals surface area contributed by atoms with Crippen LogP contribution in [0.5, 0.6) is 0 Å². The Morgan fingerprint density at radius 3 is 2.64 bits per heavy atom. The Bertz CT molecular complexity index is 166. The fraction of sp³-hybridized carbons (Fsp3) is 1.00. The van der Waals surface area contributed by atoms with Crippen LogP contribution in [-0.2, 0) is 18.9 Å². The molecule has 0 aromatic rings. The highest BCUT2D eigenvalue weighted by Crippen LogP contribution is 2.15. The first-order valence-corrected chi connectivity index (χ1v) is 5.31. The second-order valence-corrected chi connectivity index (χ2v) is 3.86. The van der Waals surface area contributed by atoms with Gasteiger partial charge in [0.1, 0.15) is 12.7 Å². The summed E-state index contributed by atoms with van der Waals surface area (Å²) in [6, 6.07) is 0. The number of rotatable bonds is 8. The molecule has 3 atom stereocenters. The van der Waals surface area contributed by atoms with E-state index in [-0.39, 0.29) is 6.29 Å². The molecule has 2 aliphatic heterocycles. The average Bonchev–Trinajstić information content (AvgIpc) is 3.01. The molecule has 0 radical (unpaired) electrons. The largest absolute Gasteiger partial charge is 0.378 e. The first kappa shape index (κ1) is 10.4. The zero-order valence-electron chi connectivity index (χ0n) is 8.61. The zero-order valence-corrected chi connectivity index (χ0v) is 8.61. The van der Waals surface area contributed by atoms with Gasteiger partial charge in [-0.2, -0.15) is 0 Å². The average molecular weight is 202 g/mol. The van der Waals surface area contributed by atoms with Gasteiger partial charge in [-0.15, -0.1) is 0 Å². The Kier molecular flexibility index (Phi) is 3.75. The lowest BCUT2D eigenvalue weighted by Crippen LogP contribution is -2.18. The molecule has 0 aromatic heterocycles. The lowest BCUT2D eigenvalue weighted by atomic mass is 10.1. The van der Waals surface area contributed by atoms with Crippen LogP contribution >= 0.6 is 0 Å². The molecule has 2 aliphatic rings. The molecular formula is C10H18O4. The SMILES string of the molecule is CCC(COCC1CO1)COC1CO1. The van der Waals surface area contributed by atoms with Crippen molar-refractivity contribution in [3.63, 3.8) is 0 Å². The van der Waals surface area contributed by atoms with Gasteiger partial charge in [0, 0.05) is 5.92 Å². The normalized spacial score (nSPS) is 31.5. The van der Waals surface area contributed by atoms with Gasteiger partial charge in [-0.25, -0.2) is 0 Å². The molecule has 0 aliphatic carbocycles. The Labute approximate surface area is 84.5 Å². The zero-order chi connectivity index (χ0) is 9.80. The van der Waals surface area contributed by atoms with E-state index in [4.69, 9.17) is 18.9 Å². The van der Waals surface area contributed by atoms with Crippen LogP contribution in [-0.4, -0.2) is 45.4 Å². The molecule has 2 heterocycles. The molecule has 4 heteroatoms. The number of epoxide rings is 2. The molecule has 0 saturated carbocycles. The van der Waals surface area contributed by atoms with Crippen LogP contribution in [0.1, 0.15) is 13.3 Å². The first-order valence-electron chi connectivity index (χ1n) is 5.31. The quantitative estimate of drug-likeness (QED) is 0.546. The van der Waals surface area contributed by atoms with Crippen LogP contribution in [0.25, 0.3) is 0 Å². The fourth-order valence-electron chi connectivity index (χ4n) is 1.19. The van der Waals surface area contributed by atoms with Crippen molar-refractivity contribution in [1.29, 1.82) is 0 Å². The molecular weight excluding hydrogens is 184 g/mol. The van der Waals surface area contributed by atoms with E-state index in [1.54, 1.807) is 0 Å². The summed E-state index contributed by atoms with van der Waals surface area (Å²) >= 11 is 0. The first-order chi connectivity index (χ1) is 6.88. The number of ether oxygens (including phenoxy) is 4. The minimum absolute atomic E-state index is 0.0656. The molecule has 14 heavy (non-hydrogen) atoms. The summed E-state index contributed by atoms with van der Waals surface area (Å²) in [6.07, 6.45) is 1.51. The molecule has 0 amide bonds. The minimum atomic E-state index is 0.0656. The summed E-state index contributed by atoms with van der Waals surface area (Å²) in [5.41, 5.74) is 0. The molecule has 3 unspecified atom stereocenters. The van der Waals surface area contributed by atoms with Crippen molar-refractivity contribution in [2.24, 2.45) is 5.92 Å². The van der Waals surface area contributed by atoms with Crippen molar-refractivity contribution in [3.8, 4) is 0 Å². The molecule has 2 fully saturated rings. The van der Waals surface area contributed by atoms with Crippen molar-refractivity contribution < 1.29 is 18.9 Å². The van der Waals surface area contributed by atoms with E-state index >= 15 is 0 Å². The van der Waals surface area contributed by atoms with E-state index in [0.717, 1.165) is 39.5 Å². The maximum atomic E-state index is 5.52. The highest BCUT2D eigenvalue weighted by Gasteiger charge is 2.25. The van der Waals surface area contributed by atoms with Crippen molar-refractivity contribution in [1.82, 2.24) is 0 Å². The van der Waals surface area contributed by atoms with E-state index in [0.29, 0.717) is 12.0 Å². The molecule has 0 N–H and O–H groups in total. The molecule has 0 bridgehead atoms. The third-order valence-electron chi connectivity index (χ3n) is 2.46. The smallest absolute Gasteiger partial charge is 0.181 e. The van der Waals surface area contributed by atoms with Crippen molar-refractivity contribution in [2.45, 2.75) is 25.7 Å². The number of hydrogen-bond acceptors (Lipinski definition) is 4. The molecule has 2 rings (SSSR count). The van der Waals surface area contributed by atoms with Crippen LogP contribution in [0.15, 0.2) is 0 Å². The predicted molar refractivity (Wildman–Crippen MR) is 50.0 cm³/mol. The highest BCUT2D eigenvalue weighted by atomic mass is 16.8. The maximum Gasteiger partial charge on any atom is 0.181 e. The Morgan fingerprint density at radius 1 is 1.29 bits per heavy atom. The van der Waals surface area contributed by atoms with Gasteiger partial charge in [-0.1, -0.05) is 6.92 Å². The van der Waals surface area contributed by atoms with Gasteiger partial charge in [-0.3, -0.25) is 0 Å². The van der Waals surface area contributed by atoms with Gasteiger partial charge in [0.05, 0.1) is 26.4 Å². The van der Waals surface area contributed by atoms with Crippen molar-refractivity contribution in [2.75, 3.05) is 33.0 Å². The lowest BCUT2D eigenvalue weighted by molar-refractivity contribution is -0.00290. The Hall–Kier alpha value is -0.160. The fourth-order valence-corrected chi connectivity index (χ4v) is 1.19. The Balaban J connectivity index is 1.49. The lowest BCUT2D eigenvalue weighted by Gasteiger charge is -2.13. The van der Waals surface area contributed by atoms with Crippen molar-refractivity contribution >= 4 is 0 Å². The van der Waals surface area contributed by atoms with Gasteiger partial charge in [-0.05, 0) is 6.42 Å². The molecule has 0 spiro atoms. The second-order valence-electron chi connectivity index (χ2n) is 3.86. The third-order valence-corrected chi connectivity index (χ3v) is 2.46. The molecule has 82 valence electrons. The predicted octanol–water partition coefficient (Wildman–Crippen LogP) is 0.801. The minimum Gasteiger partial charge on any atom is -0.378 e. The van der Waals surface area contributed by atoms with Crippen LogP contribution in [0, 0.1) is 5.92 Å². The van der Waals surface area contributed by atoms with E-state index < -0.39 is 0 Å². The Morgan fingerprint density at radius 2 is 2.07 bits per heavy atom. The third kappa shape index (κ3) is 3.92. The molecule has 0 aromatic carbocycles. The van der Waals surface area contributed by atoms with Crippen LogP contribution in [0.3, 0.4) is 0 Å². The van der Waals surface area contributed by atoms with Gasteiger partial charge >= 0.3 is 0 Å². The molecule has 2 saturated heterocycles. The van der Waals surface area contributed by atoms with E-state index in [2.05, 4.69) is 6.92 Å². The van der Waals surface area contributed by atoms with Crippen LogP contribution < -0.4 is 0 Å². The topological polar surface area (TPSA) is 43.5 Å². The van der Waals surface area contributed by atoms with E-state index in [1.165, 1.54) is 0 Å². The summed E-state index contributed by atoms with van der Waals surface area (Å²) in [5, 5.41) is 0. The monoisotopic (exact) mass is 202 g/mol. The van der Waals surface area contributed by atoms with Crippen LogP contribution in [0.2, 0.25) is 0 Å². The van der Waals surface area contributed by atoms with Gasteiger partial charge in [0.2, 0.25) is 0 Å². The summed E-state index contributed by atoms with van der Waals surface area (Å²) < 4.78 is 21.0. The molecule has 4 nitrogen and oxygen atoms in total. The van der Waals surface area contributed by atoms with E-state index in [1.807, 2.05) is 0 Å². The van der Waals surface area contributed by atoms with Crippen molar-refractivity contribution in [3.05, 3.63) is 0 Å². The van der Waals surface area contributed by atoms with E-state index in [9.17, 15) is 0 Å².